The van der Waals surface area contributed by atoms with Crippen molar-refractivity contribution in [3.8, 4) is 0 Å². The molecule has 1 fully saturated rings. The van der Waals surface area contributed by atoms with E-state index < -0.39 is 5.60 Å². The summed E-state index contributed by atoms with van der Waals surface area (Å²) in [6.45, 7) is 8.19. The number of carbonyl (C=O) groups excluding carboxylic acids is 1. The third-order valence-corrected chi connectivity index (χ3v) is 7.25. The van der Waals surface area contributed by atoms with E-state index in [2.05, 4.69) is 64.4 Å². The van der Waals surface area contributed by atoms with Crippen LogP contribution >= 0.6 is 0 Å². The zero-order chi connectivity index (χ0) is 22.7. The van der Waals surface area contributed by atoms with Crippen LogP contribution in [-0.4, -0.2) is 39.2 Å². The third kappa shape index (κ3) is 3.41. The Hall–Kier alpha value is -3.21. The molecule has 0 spiro atoms. The number of likely N-dealkylation sites (tertiary alicyclic amines) is 1. The number of carbonyl (C=O) groups is 1. The van der Waals surface area contributed by atoms with Crippen LogP contribution in [0.1, 0.15) is 55.7 Å². The number of nitrogens with zero attached hydrogens (tertiary/aromatic N) is 2. The molecular formula is C28H31N3O2. The predicted octanol–water partition coefficient (Wildman–Crippen LogP) is 6.19. The van der Waals surface area contributed by atoms with Crippen LogP contribution in [0.25, 0.3) is 21.8 Å². The van der Waals surface area contributed by atoms with E-state index in [9.17, 15) is 4.79 Å². The van der Waals surface area contributed by atoms with E-state index >= 15 is 0 Å². The molecule has 6 rings (SSSR count). The average Bonchev–Trinajstić information content (AvgIpc) is 3.48. The maximum atomic E-state index is 13.1. The van der Waals surface area contributed by atoms with E-state index in [4.69, 9.17) is 4.74 Å². The van der Waals surface area contributed by atoms with E-state index in [1.165, 1.54) is 39.4 Å². The van der Waals surface area contributed by atoms with Gasteiger partial charge in [-0.2, -0.15) is 0 Å². The lowest BCUT2D eigenvalue weighted by molar-refractivity contribution is 0.0290. The lowest BCUT2D eigenvalue weighted by Gasteiger charge is -2.24. The molecule has 1 saturated heterocycles. The first-order valence-electron chi connectivity index (χ1n) is 12.0. The fourth-order valence-electron chi connectivity index (χ4n) is 5.89. The molecule has 5 nitrogen and oxygen atoms in total. The largest absolute Gasteiger partial charge is 0.444 e. The quantitative estimate of drug-likeness (QED) is 0.403. The summed E-state index contributed by atoms with van der Waals surface area (Å²) in [5.74, 6) is 0.422. The topological polar surface area (TPSA) is 50.3 Å². The number of para-hydroxylation sites is 2. The first kappa shape index (κ1) is 20.4. The summed E-state index contributed by atoms with van der Waals surface area (Å²) in [4.78, 5) is 18.5. The van der Waals surface area contributed by atoms with E-state index in [-0.39, 0.29) is 17.9 Å². The Bertz CT molecular complexity index is 1360. The van der Waals surface area contributed by atoms with Crippen LogP contribution in [0, 0.1) is 0 Å². The highest BCUT2D eigenvalue weighted by Gasteiger charge is 2.41. The van der Waals surface area contributed by atoms with Gasteiger partial charge in [-0.25, -0.2) is 4.79 Å². The van der Waals surface area contributed by atoms with Gasteiger partial charge in [0.25, 0.3) is 0 Å². The molecule has 2 aliphatic heterocycles. The lowest BCUT2D eigenvalue weighted by atomic mass is 9.83. The molecule has 5 heteroatoms. The fourth-order valence-corrected chi connectivity index (χ4v) is 5.89. The van der Waals surface area contributed by atoms with Crippen molar-refractivity contribution < 1.29 is 9.53 Å². The highest BCUT2D eigenvalue weighted by molar-refractivity contribution is 5.89. The van der Waals surface area contributed by atoms with Gasteiger partial charge in [-0.05, 0) is 56.4 Å². The number of hydrogen-bond acceptors (Lipinski definition) is 2. The second kappa shape index (κ2) is 7.41. The van der Waals surface area contributed by atoms with Crippen LogP contribution in [-0.2, 0) is 17.7 Å². The van der Waals surface area contributed by atoms with Crippen LogP contribution < -0.4 is 0 Å². The zero-order valence-corrected chi connectivity index (χ0v) is 19.6. The number of hydrogen-bond donors (Lipinski definition) is 1. The molecular weight excluding hydrogens is 410 g/mol. The predicted molar refractivity (Wildman–Crippen MR) is 132 cm³/mol. The number of aromatic amines is 1. The second-order valence-corrected chi connectivity index (χ2v) is 10.6. The number of aryl methyl sites for hydroxylation is 2. The fraction of sp³-hybridized carbons (Fsp3) is 0.393. The Morgan fingerprint density at radius 2 is 1.76 bits per heavy atom. The first-order chi connectivity index (χ1) is 15.9. The number of aromatic nitrogens is 2. The maximum Gasteiger partial charge on any atom is 0.410 e. The molecule has 2 aromatic carbocycles. The molecule has 0 aliphatic carbocycles. The molecule has 1 N–H and O–H groups in total. The van der Waals surface area contributed by atoms with E-state index in [1.807, 2.05) is 25.7 Å². The molecule has 33 heavy (non-hydrogen) atoms. The molecule has 2 aromatic heterocycles. The van der Waals surface area contributed by atoms with Crippen molar-refractivity contribution in [1.82, 2.24) is 14.5 Å². The van der Waals surface area contributed by atoms with Gasteiger partial charge in [0.15, 0.2) is 0 Å². The van der Waals surface area contributed by atoms with Crippen molar-refractivity contribution in [1.29, 1.82) is 0 Å². The average molecular weight is 442 g/mol. The smallest absolute Gasteiger partial charge is 0.410 e. The summed E-state index contributed by atoms with van der Waals surface area (Å²) in [5, 5.41) is 2.58. The molecule has 0 radical (unpaired) electrons. The molecule has 2 aliphatic rings. The number of H-pyrrole nitrogens is 1. The van der Waals surface area contributed by atoms with Crippen molar-refractivity contribution in [2.24, 2.45) is 0 Å². The van der Waals surface area contributed by atoms with Crippen molar-refractivity contribution in [3.63, 3.8) is 0 Å². The number of rotatable bonds is 2. The standard InChI is InChI=1S/C28H31N3O2/c1-28(2,3)33-27(32)31-16-23(21-14-29-25-12-5-4-10-19(21)25)24(17-31)22-15-30-13-7-9-18-8-6-11-20(22)26(18)30/h4-6,8,10-12,14-15,23-24,29H,7,9,13,16-17H2,1-3H3/t23?,24-/m0/s1. The van der Waals surface area contributed by atoms with Gasteiger partial charge in [-0.1, -0.05) is 36.4 Å². The van der Waals surface area contributed by atoms with Gasteiger partial charge in [0.05, 0.1) is 5.52 Å². The van der Waals surface area contributed by atoms with E-state index in [0.717, 1.165) is 18.5 Å². The molecule has 0 saturated carbocycles. The Balaban J connectivity index is 1.46. The minimum absolute atomic E-state index is 0.206. The van der Waals surface area contributed by atoms with Gasteiger partial charge >= 0.3 is 6.09 Å². The van der Waals surface area contributed by atoms with Gasteiger partial charge in [0, 0.05) is 60.2 Å². The summed E-state index contributed by atoms with van der Waals surface area (Å²) in [6.07, 6.45) is 6.60. The Labute approximate surface area is 194 Å². The van der Waals surface area contributed by atoms with Crippen LogP contribution in [0.15, 0.2) is 54.9 Å². The molecule has 2 atom stereocenters. The SMILES string of the molecule is CC(C)(C)OC(=O)N1CC(c2c[nH]c3ccccc23)[C@H](c2cn3c4c(cccc24)CCC3)C1. The van der Waals surface area contributed by atoms with Gasteiger partial charge in [0.2, 0.25) is 0 Å². The highest BCUT2D eigenvalue weighted by Crippen LogP contribution is 2.45. The number of benzene rings is 2. The summed E-state index contributed by atoms with van der Waals surface area (Å²) in [6, 6.07) is 15.2. The summed E-state index contributed by atoms with van der Waals surface area (Å²) >= 11 is 0. The summed E-state index contributed by atoms with van der Waals surface area (Å²) in [7, 11) is 0. The molecule has 4 aromatic rings. The van der Waals surface area contributed by atoms with Crippen LogP contribution in [0.3, 0.4) is 0 Å². The maximum absolute atomic E-state index is 13.1. The molecule has 4 heterocycles. The van der Waals surface area contributed by atoms with Crippen LogP contribution in [0.2, 0.25) is 0 Å². The highest BCUT2D eigenvalue weighted by atomic mass is 16.6. The zero-order valence-electron chi connectivity index (χ0n) is 19.6. The van der Waals surface area contributed by atoms with Crippen molar-refractivity contribution >= 4 is 27.9 Å². The number of fused-ring (bicyclic) bond motifs is 1. The second-order valence-electron chi connectivity index (χ2n) is 10.6. The summed E-state index contributed by atoms with van der Waals surface area (Å²) < 4.78 is 8.21. The normalized spacial score (nSPS) is 20.6. The van der Waals surface area contributed by atoms with Gasteiger partial charge in [-0.3, -0.25) is 0 Å². The monoisotopic (exact) mass is 441 g/mol. The van der Waals surface area contributed by atoms with Gasteiger partial charge in [-0.15, -0.1) is 0 Å². The Kier molecular flexibility index (Phi) is 4.58. The van der Waals surface area contributed by atoms with E-state index in [1.54, 1.807) is 0 Å². The van der Waals surface area contributed by atoms with Gasteiger partial charge < -0.3 is 19.2 Å². The molecule has 0 bridgehead atoms. The first-order valence-corrected chi connectivity index (χ1v) is 12.0. The van der Waals surface area contributed by atoms with Crippen LogP contribution in [0.4, 0.5) is 4.79 Å². The van der Waals surface area contributed by atoms with Gasteiger partial charge in [0.1, 0.15) is 5.60 Å². The minimum Gasteiger partial charge on any atom is -0.444 e. The molecule has 1 amide bonds. The Morgan fingerprint density at radius 3 is 2.58 bits per heavy atom. The minimum atomic E-state index is -0.505. The van der Waals surface area contributed by atoms with Crippen molar-refractivity contribution in [3.05, 3.63) is 71.5 Å². The third-order valence-electron chi connectivity index (χ3n) is 7.25. The summed E-state index contributed by atoms with van der Waals surface area (Å²) in [5.41, 5.74) is 6.10. The number of ether oxygens (including phenoxy) is 1. The Morgan fingerprint density at radius 1 is 1.00 bits per heavy atom. The van der Waals surface area contributed by atoms with Crippen molar-refractivity contribution in [2.45, 2.75) is 57.6 Å². The van der Waals surface area contributed by atoms with Crippen molar-refractivity contribution in [2.75, 3.05) is 13.1 Å². The molecule has 170 valence electrons. The van der Waals surface area contributed by atoms with Crippen LogP contribution in [0.5, 0.6) is 0 Å². The number of nitrogens with one attached hydrogen (secondary N) is 1. The van der Waals surface area contributed by atoms with E-state index in [0.29, 0.717) is 13.1 Å². The molecule has 1 unspecified atom stereocenters. The number of amides is 1. The lowest BCUT2D eigenvalue weighted by Crippen LogP contribution is -2.35.